The van der Waals surface area contributed by atoms with Crippen molar-refractivity contribution in [3.05, 3.63) is 28.5 Å². The summed E-state index contributed by atoms with van der Waals surface area (Å²) in [5.74, 6) is -0.858. The molecule has 2 atom stereocenters. The molecular weight excluding hydrogens is 340 g/mol. The normalized spacial score (nSPS) is 23.0. The van der Waals surface area contributed by atoms with Crippen molar-refractivity contribution in [1.82, 2.24) is 4.31 Å². The number of sulfonamides is 1. The number of halogens is 3. The van der Waals surface area contributed by atoms with Gasteiger partial charge in [0.25, 0.3) is 0 Å². The predicted molar refractivity (Wildman–Crippen MR) is 79.7 cm³/mol. The highest BCUT2D eigenvalue weighted by molar-refractivity contribution is 7.89. The number of nitrogens with zero attached hydrogens (tertiary/aromatic N) is 1. The fourth-order valence-electron chi connectivity index (χ4n) is 2.41. The zero-order chi connectivity index (χ0) is 15.8. The second kappa shape index (κ2) is 6.38. The standard InChI is InChI=1S/C13H16Cl2FNO3S/c1-8-12(3-4-20-8)17(2)21(18,19)10-5-9(7-14)13(15)11(16)6-10/h5-6,8,12H,3-4,7H2,1-2H3. The minimum absolute atomic E-state index is 0.0637. The van der Waals surface area contributed by atoms with Crippen molar-refractivity contribution in [1.29, 1.82) is 0 Å². The number of benzene rings is 1. The lowest BCUT2D eigenvalue weighted by Gasteiger charge is -2.26. The van der Waals surface area contributed by atoms with E-state index >= 15 is 0 Å². The smallest absolute Gasteiger partial charge is 0.243 e. The molecule has 21 heavy (non-hydrogen) atoms. The number of hydrogen-bond donors (Lipinski definition) is 0. The maximum Gasteiger partial charge on any atom is 0.243 e. The highest BCUT2D eigenvalue weighted by Gasteiger charge is 2.35. The van der Waals surface area contributed by atoms with E-state index in [-0.39, 0.29) is 33.5 Å². The van der Waals surface area contributed by atoms with Gasteiger partial charge in [-0.2, -0.15) is 4.31 Å². The molecule has 1 aliphatic heterocycles. The average molecular weight is 356 g/mol. The van der Waals surface area contributed by atoms with Gasteiger partial charge >= 0.3 is 0 Å². The first-order valence-electron chi connectivity index (χ1n) is 6.42. The molecule has 4 nitrogen and oxygen atoms in total. The molecule has 0 aromatic heterocycles. The van der Waals surface area contributed by atoms with Crippen LogP contribution in [0.4, 0.5) is 4.39 Å². The third kappa shape index (κ3) is 3.19. The van der Waals surface area contributed by atoms with E-state index in [1.807, 2.05) is 6.92 Å². The van der Waals surface area contributed by atoms with E-state index in [1.54, 1.807) is 0 Å². The summed E-state index contributed by atoms with van der Waals surface area (Å²) in [6.07, 6.45) is 0.407. The number of hydrogen-bond acceptors (Lipinski definition) is 3. The molecule has 0 radical (unpaired) electrons. The summed E-state index contributed by atoms with van der Waals surface area (Å²) in [5, 5.41) is -0.149. The SMILES string of the molecule is CC1OCCC1N(C)S(=O)(=O)c1cc(F)c(Cl)c(CCl)c1. The van der Waals surface area contributed by atoms with Gasteiger partial charge in [0.1, 0.15) is 5.82 Å². The Morgan fingerprint density at radius 3 is 2.67 bits per heavy atom. The lowest BCUT2D eigenvalue weighted by molar-refractivity contribution is 0.102. The Kier molecular flexibility index (Phi) is 5.15. The van der Waals surface area contributed by atoms with Crippen molar-refractivity contribution in [3.63, 3.8) is 0 Å². The van der Waals surface area contributed by atoms with Crippen LogP contribution in [0.15, 0.2) is 17.0 Å². The Balaban J connectivity index is 2.42. The van der Waals surface area contributed by atoms with Gasteiger partial charge in [0.15, 0.2) is 0 Å². The van der Waals surface area contributed by atoms with E-state index in [9.17, 15) is 12.8 Å². The molecule has 0 N–H and O–H groups in total. The molecule has 118 valence electrons. The van der Waals surface area contributed by atoms with Gasteiger partial charge in [-0.25, -0.2) is 12.8 Å². The average Bonchev–Trinajstić information content (AvgIpc) is 2.86. The highest BCUT2D eigenvalue weighted by Crippen LogP contribution is 2.29. The van der Waals surface area contributed by atoms with Crippen molar-refractivity contribution in [2.75, 3.05) is 13.7 Å². The van der Waals surface area contributed by atoms with Gasteiger partial charge < -0.3 is 4.74 Å². The van der Waals surface area contributed by atoms with E-state index < -0.39 is 15.8 Å². The second-order valence-electron chi connectivity index (χ2n) is 4.97. The Morgan fingerprint density at radius 2 is 2.14 bits per heavy atom. The van der Waals surface area contributed by atoms with E-state index in [2.05, 4.69) is 0 Å². The summed E-state index contributed by atoms with van der Waals surface area (Å²) in [6, 6.07) is 1.96. The summed E-state index contributed by atoms with van der Waals surface area (Å²) in [6.45, 7) is 2.32. The van der Waals surface area contributed by atoms with E-state index in [0.29, 0.717) is 13.0 Å². The molecule has 2 rings (SSSR count). The van der Waals surface area contributed by atoms with Crippen LogP contribution >= 0.6 is 23.2 Å². The van der Waals surface area contributed by atoms with Crippen molar-refractivity contribution in [3.8, 4) is 0 Å². The van der Waals surface area contributed by atoms with Gasteiger partial charge in [0.05, 0.1) is 22.1 Å². The van der Waals surface area contributed by atoms with E-state index in [4.69, 9.17) is 27.9 Å². The molecule has 1 aromatic rings. The highest BCUT2D eigenvalue weighted by atomic mass is 35.5. The Labute approximate surface area is 133 Å². The van der Waals surface area contributed by atoms with Crippen LogP contribution in [0.3, 0.4) is 0 Å². The summed E-state index contributed by atoms with van der Waals surface area (Å²) >= 11 is 11.4. The molecule has 0 amide bonds. The molecular formula is C13H16Cl2FNO3S. The molecule has 8 heteroatoms. The van der Waals surface area contributed by atoms with Gasteiger partial charge in [0, 0.05) is 19.5 Å². The maximum absolute atomic E-state index is 13.8. The first-order chi connectivity index (χ1) is 9.78. The van der Waals surface area contributed by atoms with Crippen LogP contribution in [-0.2, 0) is 20.6 Å². The van der Waals surface area contributed by atoms with Crippen LogP contribution in [-0.4, -0.2) is 38.5 Å². The molecule has 1 aromatic carbocycles. The lowest BCUT2D eigenvalue weighted by atomic mass is 10.2. The molecule has 1 aliphatic rings. The number of ether oxygens (including phenoxy) is 1. The zero-order valence-corrected chi connectivity index (χ0v) is 14.0. The Hall–Kier alpha value is -0.400. The van der Waals surface area contributed by atoms with Gasteiger partial charge in [-0.1, -0.05) is 11.6 Å². The van der Waals surface area contributed by atoms with Gasteiger partial charge in [-0.05, 0) is 31.0 Å². The first kappa shape index (κ1) is 17.0. The summed E-state index contributed by atoms with van der Waals surface area (Å²) in [5.41, 5.74) is 0.251. The molecule has 0 bridgehead atoms. The molecule has 0 spiro atoms. The topological polar surface area (TPSA) is 46.6 Å². The third-order valence-corrected chi connectivity index (χ3v) is 6.27. The summed E-state index contributed by atoms with van der Waals surface area (Å²) in [4.78, 5) is -0.151. The molecule has 1 fully saturated rings. The molecule has 0 aliphatic carbocycles. The van der Waals surface area contributed by atoms with Crippen LogP contribution in [0.1, 0.15) is 18.9 Å². The Bertz CT molecular complexity index is 639. The van der Waals surface area contributed by atoms with E-state index in [1.165, 1.54) is 17.4 Å². The van der Waals surface area contributed by atoms with Crippen molar-refractivity contribution in [2.45, 2.75) is 36.3 Å². The quantitative estimate of drug-likeness (QED) is 0.780. The zero-order valence-electron chi connectivity index (χ0n) is 11.6. The van der Waals surface area contributed by atoms with Crippen molar-refractivity contribution < 1.29 is 17.5 Å². The second-order valence-corrected chi connectivity index (χ2v) is 7.61. The summed E-state index contributed by atoms with van der Waals surface area (Å²) < 4.78 is 45.6. The molecule has 1 heterocycles. The van der Waals surface area contributed by atoms with Crippen LogP contribution < -0.4 is 0 Å². The van der Waals surface area contributed by atoms with Gasteiger partial charge in [-0.3, -0.25) is 0 Å². The predicted octanol–water partition coefficient (Wildman–Crippen LogP) is 3.02. The van der Waals surface area contributed by atoms with Crippen LogP contribution in [0.2, 0.25) is 5.02 Å². The van der Waals surface area contributed by atoms with Crippen molar-refractivity contribution >= 4 is 33.2 Å². The fraction of sp³-hybridized carbons (Fsp3) is 0.538. The minimum Gasteiger partial charge on any atom is -0.377 e. The number of rotatable bonds is 4. The lowest BCUT2D eigenvalue weighted by Crippen LogP contribution is -2.41. The van der Waals surface area contributed by atoms with Gasteiger partial charge in [-0.15, -0.1) is 11.6 Å². The molecule has 0 saturated carbocycles. The van der Waals surface area contributed by atoms with E-state index in [0.717, 1.165) is 6.07 Å². The minimum atomic E-state index is -3.83. The van der Waals surface area contributed by atoms with Crippen LogP contribution in [0.5, 0.6) is 0 Å². The number of likely N-dealkylation sites (N-methyl/N-ethyl adjacent to an activating group) is 1. The first-order valence-corrected chi connectivity index (χ1v) is 8.77. The van der Waals surface area contributed by atoms with Gasteiger partial charge in [0.2, 0.25) is 10.0 Å². The molecule has 2 unspecified atom stereocenters. The van der Waals surface area contributed by atoms with Crippen LogP contribution in [0, 0.1) is 5.82 Å². The van der Waals surface area contributed by atoms with Crippen LogP contribution in [0.25, 0.3) is 0 Å². The Morgan fingerprint density at radius 1 is 1.48 bits per heavy atom. The molecule has 1 saturated heterocycles. The largest absolute Gasteiger partial charge is 0.377 e. The monoisotopic (exact) mass is 355 g/mol. The third-order valence-electron chi connectivity index (χ3n) is 3.70. The maximum atomic E-state index is 13.8. The number of alkyl halides is 1. The fourth-order valence-corrected chi connectivity index (χ4v) is 4.37. The van der Waals surface area contributed by atoms with Crippen molar-refractivity contribution in [2.24, 2.45) is 0 Å². The summed E-state index contributed by atoms with van der Waals surface area (Å²) in [7, 11) is -2.36.